The second-order valence-electron chi connectivity index (χ2n) is 7.77. The number of amides is 1. The van der Waals surface area contributed by atoms with Crippen molar-refractivity contribution in [2.24, 2.45) is 5.92 Å². The topological polar surface area (TPSA) is 65.4 Å². The van der Waals surface area contributed by atoms with Crippen LogP contribution in [0, 0.1) is 17.2 Å². The fraction of sp³-hybridized carbons (Fsp3) is 0.391. The van der Waals surface area contributed by atoms with Crippen LogP contribution in [0.5, 0.6) is 5.75 Å². The van der Waals surface area contributed by atoms with Crippen molar-refractivity contribution in [2.45, 2.75) is 18.8 Å². The van der Waals surface area contributed by atoms with Gasteiger partial charge >= 0.3 is 0 Å². The molecule has 7 heteroatoms. The van der Waals surface area contributed by atoms with Crippen LogP contribution in [0.4, 0.5) is 0 Å². The van der Waals surface area contributed by atoms with E-state index < -0.39 is 0 Å². The predicted molar refractivity (Wildman–Crippen MR) is 122 cm³/mol. The molecule has 0 aliphatic carbocycles. The number of rotatable bonds is 6. The Balaban J connectivity index is 0.00000256. The third kappa shape index (κ3) is 5.15. The summed E-state index contributed by atoms with van der Waals surface area (Å²) in [5.41, 5.74) is 2.57. The number of ether oxygens (including phenoxy) is 1. The van der Waals surface area contributed by atoms with Crippen molar-refractivity contribution in [3.63, 3.8) is 0 Å². The lowest BCUT2D eigenvalue weighted by Gasteiger charge is -2.27. The molecule has 2 unspecified atom stereocenters. The lowest BCUT2D eigenvalue weighted by Crippen LogP contribution is -2.27. The molecule has 2 aliphatic heterocycles. The highest BCUT2D eigenvalue weighted by Crippen LogP contribution is 2.41. The van der Waals surface area contributed by atoms with Gasteiger partial charge in [0.05, 0.1) is 18.2 Å². The fourth-order valence-corrected chi connectivity index (χ4v) is 4.53. The molecule has 2 atom stereocenters. The van der Waals surface area contributed by atoms with Crippen LogP contribution in [-0.2, 0) is 0 Å². The highest BCUT2D eigenvalue weighted by Gasteiger charge is 2.38. The number of likely N-dealkylation sites (tertiary alicyclic amines) is 1. The summed E-state index contributed by atoms with van der Waals surface area (Å²) >= 11 is 3.38. The molecule has 1 saturated heterocycles. The standard InChI is InChI=1S/C23H24BrN3O2.ClH/c24-19-6-4-17(5-7-19)23(28)26-9-1-2-10-27-13-18-15-29-22-8-3-16(12-25)11-20(22)21(18)14-27;/h3-8,11,18,21H,1-2,9-10,13-15H2,(H,26,28);1H. The van der Waals surface area contributed by atoms with E-state index in [0.29, 0.717) is 29.5 Å². The van der Waals surface area contributed by atoms with Gasteiger partial charge in [-0.3, -0.25) is 4.79 Å². The van der Waals surface area contributed by atoms with Gasteiger partial charge in [0.15, 0.2) is 0 Å². The highest BCUT2D eigenvalue weighted by atomic mass is 79.9. The third-order valence-electron chi connectivity index (χ3n) is 5.80. The van der Waals surface area contributed by atoms with Crippen LogP contribution in [0.25, 0.3) is 0 Å². The lowest BCUT2D eigenvalue weighted by atomic mass is 9.86. The minimum atomic E-state index is -0.0215. The second-order valence-corrected chi connectivity index (χ2v) is 8.69. The molecule has 0 spiro atoms. The molecule has 0 radical (unpaired) electrons. The van der Waals surface area contributed by atoms with Crippen molar-refractivity contribution in [1.82, 2.24) is 10.2 Å². The molecule has 1 amide bonds. The third-order valence-corrected chi connectivity index (χ3v) is 6.33. The average molecular weight is 491 g/mol. The Labute approximate surface area is 191 Å². The Hall–Kier alpha value is -2.07. The number of hydrogen-bond acceptors (Lipinski definition) is 4. The Morgan fingerprint density at radius 1 is 1.20 bits per heavy atom. The number of hydrogen-bond donors (Lipinski definition) is 1. The largest absolute Gasteiger partial charge is 0.493 e. The zero-order valence-electron chi connectivity index (χ0n) is 16.6. The molecule has 30 heavy (non-hydrogen) atoms. The Morgan fingerprint density at radius 2 is 2.00 bits per heavy atom. The molecular formula is C23H25BrClN3O2. The molecule has 158 valence electrons. The lowest BCUT2D eigenvalue weighted by molar-refractivity contribution is 0.0952. The number of unbranched alkanes of at least 4 members (excludes halogenated alkanes) is 1. The van der Waals surface area contributed by atoms with E-state index in [1.54, 1.807) is 0 Å². The summed E-state index contributed by atoms with van der Waals surface area (Å²) < 4.78 is 6.89. The van der Waals surface area contributed by atoms with E-state index in [1.165, 1.54) is 5.56 Å². The summed E-state index contributed by atoms with van der Waals surface area (Å²) in [5.74, 6) is 1.85. The summed E-state index contributed by atoms with van der Waals surface area (Å²) in [7, 11) is 0. The number of carbonyl (C=O) groups is 1. The van der Waals surface area contributed by atoms with Gasteiger partial charge in [-0.2, -0.15) is 5.26 Å². The first-order valence-electron chi connectivity index (χ1n) is 10.1. The van der Waals surface area contributed by atoms with Crippen LogP contribution in [0.3, 0.4) is 0 Å². The zero-order valence-corrected chi connectivity index (χ0v) is 19.0. The van der Waals surface area contributed by atoms with Crippen molar-refractivity contribution in [1.29, 1.82) is 5.26 Å². The van der Waals surface area contributed by atoms with E-state index in [0.717, 1.165) is 49.3 Å². The molecule has 2 heterocycles. The number of carbonyl (C=O) groups excluding carboxylic acids is 1. The van der Waals surface area contributed by atoms with E-state index >= 15 is 0 Å². The monoisotopic (exact) mass is 489 g/mol. The number of nitrogens with zero attached hydrogens (tertiary/aromatic N) is 2. The van der Waals surface area contributed by atoms with Gasteiger partial charge in [-0.25, -0.2) is 0 Å². The van der Waals surface area contributed by atoms with Crippen molar-refractivity contribution in [2.75, 3.05) is 32.8 Å². The summed E-state index contributed by atoms with van der Waals surface area (Å²) in [5, 5.41) is 12.2. The fourth-order valence-electron chi connectivity index (χ4n) is 4.27. The Morgan fingerprint density at radius 3 is 2.77 bits per heavy atom. The zero-order chi connectivity index (χ0) is 20.2. The number of nitrogens with one attached hydrogen (secondary N) is 1. The van der Waals surface area contributed by atoms with Crippen LogP contribution < -0.4 is 10.1 Å². The Bertz CT molecular complexity index is 929. The van der Waals surface area contributed by atoms with Crippen LogP contribution in [0.1, 0.15) is 40.2 Å². The van der Waals surface area contributed by atoms with Gasteiger partial charge in [-0.15, -0.1) is 12.4 Å². The van der Waals surface area contributed by atoms with E-state index in [2.05, 4.69) is 32.2 Å². The molecule has 1 N–H and O–H groups in total. The summed E-state index contributed by atoms with van der Waals surface area (Å²) in [6.07, 6.45) is 2.01. The van der Waals surface area contributed by atoms with Crippen LogP contribution in [-0.4, -0.2) is 43.6 Å². The quantitative estimate of drug-likeness (QED) is 0.611. The first-order valence-corrected chi connectivity index (χ1v) is 10.9. The van der Waals surface area contributed by atoms with Gasteiger partial charge in [-0.05, 0) is 61.9 Å². The van der Waals surface area contributed by atoms with E-state index in [9.17, 15) is 10.1 Å². The van der Waals surface area contributed by atoms with Crippen molar-refractivity contribution in [3.05, 3.63) is 63.6 Å². The number of nitriles is 1. The first kappa shape index (κ1) is 22.6. The molecular weight excluding hydrogens is 466 g/mol. The van der Waals surface area contributed by atoms with Gasteiger partial charge in [0.25, 0.3) is 5.91 Å². The molecule has 1 fully saturated rings. The molecule has 2 aromatic rings. The molecule has 0 bridgehead atoms. The van der Waals surface area contributed by atoms with Crippen LogP contribution in [0.15, 0.2) is 46.9 Å². The van der Waals surface area contributed by atoms with Gasteiger partial charge in [-0.1, -0.05) is 15.9 Å². The average Bonchev–Trinajstić information content (AvgIpc) is 3.17. The minimum Gasteiger partial charge on any atom is -0.493 e. The minimum absolute atomic E-state index is 0. The van der Waals surface area contributed by atoms with Crippen molar-refractivity contribution >= 4 is 34.2 Å². The van der Waals surface area contributed by atoms with Crippen molar-refractivity contribution < 1.29 is 9.53 Å². The number of halogens is 2. The molecule has 2 aromatic carbocycles. The second kappa shape index (κ2) is 10.3. The molecule has 0 saturated carbocycles. The molecule has 2 aliphatic rings. The predicted octanol–water partition coefficient (Wildman–Crippen LogP) is 4.36. The van der Waals surface area contributed by atoms with E-state index in [4.69, 9.17) is 4.74 Å². The maximum absolute atomic E-state index is 12.1. The maximum Gasteiger partial charge on any atom is 0.251 e. The van der Waals surface area contributed by atoms with Crippen molar-refractivity contribution in [3.8, 4) is 11.8 Å². The van der Waals surface area contributed by atoms with Gasteiger partial charge in [0.1, 0.15) is 5.75 Å². The van der Waals surface area contributed by atoms with Gasteiger partial charge in [0.2, 0.25) is 0 Å². The summed E-state index contributed by atoms with van der Waals surface area (Å²) in [4.78, 5) is 14.6. The van der Waals surface area contributed by atoms with Crippen LogP contribution in [0.2, 0.25) is 0 Å². The SMILES string of the molecule is Cl.N#Cc1ccc2c(c1)C1CN(CCCCNC(=O)c3ccc(Br)cc3)CC1CO2. The first-order chi connectivity index (χ1) is 14.1. The van der Waals surface area contributed by atoms with Gasteiger partial charge < -0.3 is 15.0 Å². The molecule has 4 rings (SSSR count). The summed E-state index contributed by atoms with van der Waals surface area (Å²) in [6.45, 7) is 4.51. The highest BCUT2D eigenvalue weighted by molar-refractivity contribution is 9.10. The smallest absolute Gasteiger partial charge is 0.251 e. The number of fused-ring (bicyclic) bond motifs is 3. The summed E-state index contributed by atoms with van der Waals surface area (Å²) in [6, 6.07) is 15.4. The maximum atomic E-state index is 12.1. The van der Waals surface area contributed by atoms with Gasteiger partial charge in [0, 0.05) is 47.1 Å². The Kier molecular flexibility index (Phi) is 7.76. The molecule has 5 nitrogen and oxygen atoms in total. The van der Waals surface area contributed by atoms with E-state index in [1.807, 2.05) is 42.5 Å². The van der Waals surface area contributed by atoms with Crippen LogP contribution >= 0.6 is 28.3 Å². The van der Waals surface area contributed by atoms with E-state index in [-0.39, 0.29) is 18.3 Å². The molecule has 0 aromatic heterocycles. The number of benzene rings is 2. The normalized spacial score (nSPS) is 19.6.